The van der Waals surface area contributed by atoms with Gasteiger partial charge in [0.2, 0.25) is 12.2 Å². The average molecular weight is 2000 g/mol. The van der Waals surface area contributed by atoms with Gasteiger partial charge in [-0.05, 0) is 259 Å². The fourth-order valence-electron chi connectivity index (χ4n) is 16.1. The fraction of sp³-hybridized carbons (Fsp3) is 0.841. The second kappa shape index (κ2) is 52.4. The lowest BCUT2D eigenvalue weighted by atomic mass is 9.86. The molecule has 4 bridgehead atoms. The van der Waals surface area contributed by atoms with Crippen molar-refractivity contribution in [2.24, 2.45) is 67.0 Å². The van der Waals surface area contributed by atoms with Crippen molar-refractivity contribution < 1.29 is 152 Å². The van der Waals surface area contributed by atoms with Crippen LogP contribution in [0.15, 0.2) is 12.7 Å². The van der Waals surface area contributed by atoms with Crippen LogP contribution in [0.4, 0.5) is 9.59 Å². The van der Waals surface area contributed by atoms with Gasteiger partial charge in [-0.3, -0.25) is 47.9 Å². The van der Waals surface area contributed by atoms with E-state index in [1.807, 2.05) is 145 Å². The molecule has 2 amide bonds. The van der Waals surface area contributed by atoms with Crippen LogP contribution in [0.3, 0.4) is 0 Å². The molecule has 12 aliphatic rings. The van der Waals surface area contributed by atoms with Crippen molar-refractivity contribution in [2.45, 2.75) is 459 Å². The minimum atomic E-state index is -0.687. The summed E-state index contributed by atoms with van der Waals surface area (Å²) >= 11 is 0. The highest BCUT2D eigenvalue weighted by Gasteiger charge is 2.67. The Hall–Kier alpha value is -8.69. The van der Waals surface area contributed by atoms with Crippen LogP contribution in [-0.2, 0) is 143 Å². The Morgan fingerprint density at radius 1 is 0.376 bits per heavy atom. The third kappa shape index (κ3) is 34.2. The van der Waals surface area contributed by atoms with Crippen LogP contribution in [0.1, 0.15) is 369 Å². The number of piperidine rings is 2. The molecule has 2 saturated carbocycles. The predicted molar refractivity (Wildman–Crippen MR) is 521 cm³/mol. The molecule has 34 nitrogen and oxygen atoms in total. The SMILES string of the molecule is C=CCOC(=O)N1CCC(OC(=O)C(C)(C)CC)CC1.CCC(C)(C)C(=O)OC1(C(C)C)CCCC1.CCC(C)(C)C(=O)OC1(C(C)C)CCCC1.CCC(C)(C)C(=O)OC1C2CC3C(=O)OC1C3O2.CCC(C)(C)C(=O)OC1C2CC3C(=O)OC1C3O2.CCC(C)(C)C(=O)OC1CCOC1=O.CCC(C)(C)C(=O)OC1CCOC1=O.CCC(C)(C)C(=O)OCC(=O)OC1CCN(C(=O)OC(C)(C)C)CC1. The van der Waals surface area contributed by atoms with Gasteiger partial charge in [-0.2, -0.15) is 0 Å². The summed E-state index contributed by atoms with van der Waals surface area (Å²) in [5.41, 5.74) is -4.70. The number of amides is 2. The molecular weight excluding hydrogens is 1830 g/mol. The summed E-state index contributed by atoms with van der Waals surface area (Å²) in [7, 11) is 0. The first kappa shape index (κ1) is 123. The number of fused-ring (bicyclic) bond motifs is 2. The molecule has 0 N–H and O–H groups in total. The van der Waals surface area contributed by atoms with Gasteiger partial charge in [-0.15, -0.1) is 0 Å². The molecule has 0 aromatic heterocycles. The molecule has 0 aromatic rings. The number of likely N-dealkylation sites (tertiary alicyclic amines) is 2. The molecule has 141 heavy (non-hydrogen) atoms. The maximum Gasteiger partial charge on any atom is 0.410 e. The van der Waals surface area contributed by atoms with E-state index < -0.39 is 98.6 Å². The van der Waals surface area contributed by atoms with Gasteiger partial charge in [0.05, 0.1) is 80.6 Å². The third-order valence-corrected chi connectivity index (χ3v) is 30.4. The van der Waals surface area contributed by atoms with Crippen LogP contribution in [0.25, 0.3) is 0 Å². The molecular formula is C107H176N2O32. The molecule has 2 aliphatic carbocycles. The van der Waals surface area contributed by atoms with Crippen LogP contribution in [-0.4, -0.2) is 242 Å². The number of nitrogens with zero attached hydrogens (tertiary/aromatic N) is 2. The molecule has 0 radical (unpaired) electrons. The minimum Gasteiger partial charge on any atom is -0.463 e. The molecule has 12 fully saturated rings. The van der Waals surface area contributed by atoms with E-state index in [4.69, 9.17) is 80.5 Å². The van der Waals surface area contributed by atoms with Gasteiger partial charge >= 0.3 is 89.8 Å². The molecule has 0 spiro atoms. The number of ether oxygens (including phenoxy) is 17. The van der Waals surface area contributed by atoms with Crippen molar-refractivity contribution in [3.05, 3.63) is 12.7 Å². The van der Waals surface area contributed by atoms with E-state index in [1.54, 1.807) is 57.4 Å². The van der Waals surface area contributed by atoms with Crippen molar-refractivity contribution in [3.63, 3.8) is 0 Å². The number of rotatable bonds is 30. The average Bonchev–Trinajstić information content (AvgIpc) is 1.57. The largest absolute Gasteiger partial charge is 0.463 e. The Kier molecular flexibility index (Phi) is 45.6. The highest BCUT2D eigenvalue weighted by atomic mass is 16.7. The Balaban J connectivity index is 0.000000286. The number of carbonyl (C=O) groups is 15. The smallest absolute Gasteiger partial charge is 0.410 e. The summed E-state index contributed by atoms with van der Waals surface area (Å²) in [5.74, 6) is -3.03. The standard InChI is InChI=1S/C18H31NO6.C15H25NO4.2C14H26O2.2C13H18O5.2C10H16O4/c1-7-18(5,6)15(21)23-12-14(20)24-13-8-10-19(11-9-13)16(22)25-17(2,3)4;1-5-11-19-14(18)16-9-7-12(8-10-16)20-13(17)15(3,4)6-2;2*1-6-13(4,5)12(15)16-14(11(2)3)9-7-8-10-14;2*1-4-13(2,3)12(15)18-9-7-5-6-8(16-7)10(9)17-11(6)14;2*1-4-10(2,3)9(12)14-7-5-6-13-8(7)11/h13H,7-12H2,1-6H3;5,12H,1,6-11H2,2-4H3;2*11H,6-10H2,1-5H3;2*6-10H,4-5H2,1-3H3;2*7H,4-6H2,1-3H3. The number of cyclic esters (lactones) is 2. The number of carbonyl (C=O) groups excluding carboxylic acids is 15. The molecule has 10 aliphatic heterocycles. The lowest BCUT2D eigenvalue weighted by Crippen LogP contribution is -2.44. The Morgan fingerprint density at radius 3 is 0.972 bits per heavy atom. The van der Waals surface area contributed by atoms with Crippen LogP contribution in [0.2, 0.25) is 0 Å². The number of esters is 13. The van der Waals surface area contributed by atoms with Crippen LogP contribution in [0.5, 0.6) is 0 Å². The minimum absolute atomic E-state index is 0.0226. The molecule has 12 atom stereocenters. The highest BCUT2D eigenvalue weighted by Crippen LogP contribution is 2.51. The van der Waals surface area contributed by atoms with Crippen molar-refractivity contribution in [2.75, 3.05) is 52.6 Å². The fourth-order valence-corrected chi connectivity index (χ4v) is 16.1. The van der Waals surface area contributed by atoms with Gasteiger partial charge in [0.15, 0.2) is 31.0 Å². The summed E-state index contributed by atoms with van der Waals surface area (Å²) < 4.78 is 90.4. The third-order valence-electron chi connectivity index (χ3n) is 30.4. The Bertz CT molecular complexity index is 4010. The summed E-state index contributed by atoms with van der Waals surface area (Å²) in [4.78, 5) is 179. The molecule has 12 rings (SSSR count). The van der Waals surface area contributed by atoms with Gasteiger partial charge < -0.3 is 90.3 Å². The Labute approximate surface area is 839 Å². The first-order valence-electron chi connectivity index (χ1n) is 51.8. The first-order valence-corrected chi connectivity index (χ1v) is 51.8. The molecule has 806 valence electrons. The number of hydrogen-bond acceptors (Lipinski definition) is 32. The quantitative estimate of drug-likeness (QED) is 0.0366. The van der Waals surface area contributed by atoms with E-state index in [9.17, 15) is 71.9 Å². The van der Waals surface area contributed by atoms with Gasteiger partial charge in [-0.1, -0.05) is 95.7 Å². The van der Waals surface area contributed by atoms with E-state index in [0.717, 1.165) is 44.9 Å². The second-order valence-corrected chi connectivity index (χ2v) is 45.9. The molecule has 10 heterocycles. The zero-order valence-electron chi connectivity index (χ0n) is 91.1. The maximum atomic E-state index is 12.1. The van der Waals surface area contributed by atoms with Gasteiger partial charge in [0.1, 0.15) is 47.8 Å². The second-order valence-electron chi connectivity index (χ2n) is 45.9. The molecule has 0 aromatic carbocycles. The van der Waals surface area contributed by atoms with Crippen molar-refractivity contribution in [1.82, 2.24) is 9.80 Å². The zero-order valence-corrected chi connectivity index (χ0v) is 91.1. The lowest BCUT2D eigenvalue weighted by molar-refractivity contribution is -0.176. The maximum absolute atomic E-state index is 12.1. The van der Waals surface area contributed by atoms with Gasteiger partial charge in [0.25, 0.3) is 0 Å². The highest BCUT2D eigenvalue weighted by molar-refractivity contribution is 5.85. The Morgan fingerprint density at radius 2 is 0.674 bits per heavy atom. The van der Waals surface area contributed by atoms with Crippen molar-refractivity contribution >= 4 is 89.8 Å². The normalized spacial score (nSPS) is 24.7. The lowest BCUT2D eigenvalue weighted by Gasteiger charge is -2.36. The summed E-state index contributed by atoms with van der Waals surface area (Å²) in [5, 5.41) is 0. The van der Waals surface area contributed by atoms with E-state index in [0.29, 0.717) is 135 Å². The monoisotopic (exact) mass is 2000 g/mol. The summed E-state index contributed by atoms with van der Waals surface area (Å²) in [6.45, 7) is 65.7. The van der Waals surface area contributed by atoms with E-state index >= 15 is 0 Å². The van der Waals surface area contributed by atoms with Crippen LogP contribution in [0, 0.1) is 67.0 Å². The molecule has 10 saturated heterocycles. The summed E-state index contributed by atoms with van der Waals surface area (Å²) in [6, 6.07) is 0. The molecule has 34 heteroatoms. The van der Waals surface area contributed by atoms with Gasteiger partial charge in [0, 0.05) is 64.7 Å². The van der Waals surface area contributed by atoms with Gasteiger partial charge in [-0.25, -0.2) is 24.0 Å². The first-order chi connectivity index (χ1) is 65.3. The predicted octanol–water partition coefficient (Wildman–Crippen LogP) is 18.2. The van der Waals surface area contributed by atoms with Crippen LogP contribution >= 0.6 is 0 Å². The van der Waals surface area contributed by atoms with E-state index in [-0.39, 0.29) is 150 Å². The topological polar surface area (TPSA) is 419 Å². The van der Waals surface area contributed by atoms with E-state index in [2.05, 4.69) is 34.3 Å². The summed E-state index contributed by atoms with van der Waals surface area (Å²) in [6.07, 6.45) is 16.1. The number of hydrogen-bond donors (Lipinski definition) is 0. The van der Waals surface area contributed by atoms with Crippen molar-refractivity contribution in [3.8, 4) is 0 Å². The van der Waals surface area contributed by atoms with Crippen molar-refractivity contribution in [1.29, 1.82) is 0 Å². The zero-order chi connectivity index (χ0) is 107. The van der Waals surface area contributed by atoms with E-state index in [1.165, 1.54) is 25.7 Å². The van der Waals surface area contributed by atoms with Crippen LogP contribution < -0.4 is 0 Å². The molecule has 12 unspecified atom stereocenters.